The molecule has 48 heavy (non-hydrogen) atoms. The van der Waals surface area contributed by atoms with Crippen LogP contribution in [0.4, 0.5) is 0 Å². The third-order valence-corrected chi connectivity index (χ3v) is 8.53. The number of hydrogen-bond acceptors (Lipinski definition) is 5. The number of aromatic nitrogens is 3. The molecule has 10 rings (SSSR count). The predicted octanol–water partition coefficient (Wildman–Crippen LogP) is 11.5. The van der Waals surface area contributed by atoms with Crippen molar-refractivity contribution in [3.8, 4) is 45.3 Å². The highest BCUT2D eigenvalue weighted by molar-refractivity contribution is 6.16. The summed E-state index contributed by atoms with van der Waals surface area (Å²) in [5, 5.41) is 2.97. The van der Waals surface area contributed by atoms with Crippen LogP contribution in [0.1, 0.15) is 12.3 Å². The van der Waals surface area contributed by atoms with Gasteiger partial charge in [-0.05, 0) is 52.1 Å². The van der Waals surface area contributed by atoms with Crippen LogP contribution >= 0.6 is 0 Å². The van der Waals surface area contributed by atoms with Gasteiger partial charge in [0.1, 0.15) is 22.3 Å². The van der Waals surface area contributed by atoms with Gasteiger partial charge < -0.3 is 8.83 Å². The summed E-state index contributed by atoms with van der Waals surface area (Å²) in [5.74, 6) is 0.663. The molecule has 0 unspecified atom stereocenters. The van der Waals surface area contributed by atoms with E-state index in [1.165, 1.54) is 24.3 Å². The van der Waals surface area contributed by atoms with E-state index in [2.05, 4.69) is 0 Å². The summed E-state index contributed by atoms with van der Waals surface area (Å²) < 4.78 is 89.5. The molecule has 0 atom stereocenters. The Bertz CT molecular complexity index is 3360. The molecule has 0 spiro atoms. The van der Waals surface area contributed by atoms with Crippen molar-refractivity contribution >= 4 is 54.6 Å². The Morgan fingerprint density at radius 1 is 0.375 bits per heavy atom. The fourth-order valence-corrected chi connectivity index (χ4v) is 6.41. The maximum absolute atomic E-state index is 9.12. The third kappa shape index (κ3) is 4.08. The zero-order valence-electron chi connectivity index (χ0n) is 33.9. The number of hydrogen-bond donors (Lipinski definition) is 0. The van der Waals surface area contributed by atoms with Crippen molar-refractivity contribution in [2.45, 2.75) is 0 Å². The minimum Gasteiger partial charge on any atom is -0.456 e. The van der Waals surface area contributed by atoms with E-state index in [4.69, 9.17) is 36.1 Å². The Balaban J connectivity index is 1.27. The van der Waals surface area contributed by atoms with Gasteiger partial charge >= 0.3 is 0 Å². The molecule has 3 heterocycles. The van der Waals surface area contributed by atoms with Gasteiger partial charge in [0.15, 0.2) is 17.5 Å². The molecule has 224 valence electrons. The molecule has 5 heteroatoms. The molecule has 10 aromatic rings. The highest BCUT2D eigenvalue weighted by atomic mass is 16.3. The van der Waals surface area contributed by atoms with Crippen LogP contribution in [0.3, 0.4) is 0 Å². The van der Waals surface area contributed by atoms with Crippen molar-refractivity contribution in [2.24, 2.45) is 0 Å². The second kappa shape index (κ2) is 10.5. The first kappa shape index (κ1) is 19.2. The molecular formula is C43H25N3O2. The molecular weight excluding hydrogens is 590 g/mol. The normalized spacial score (nSPS) is 14.4. The van der Waals surface area contributed by atoms with E-state index in [9.17, 15) is 0 Å². The molecule has 5 nitrogen and oxygen atoms in total. The number of para-hydroxylation sites is 2. The fourth-order valence-electron chi connectivity index (χ4n) is 6.41. The van der Waals surface area contributed by atoms with Gasteiger partial charge in [0, 0.05) is 38.2 Å². The highest BCUT2D eigenvalue weighted by Gasteiger charge is 2.20. The van der Waals surface area contributed by atoms with Gasteiger partial charge in [0.05, 0.1) is 12.3 Å². The van der Waals surface area contributed by atoms with Crippen molar-refractivity contribution in [3.05, 3.63) is 151 Å². The average molecular weight is 625 g/mol. The minimum atomic E-state index is -0.318. The number of fused-ring (bicyclic) bond motifs is 7. The van der Waals surface area contributed by atoms with E-state index in [1.54, 1.807) is 6.07 Å². The van der Waals surface area contributed by atoms with Gasteiger partial charge in [0.2, 0.25) is 0 Å². The van der Waals surface area contributed by atoms with Crippen LogP contribution in [0.5, 0.6) is 0 Å². The van der Waals surface area contributed by atoms with Gasteiger partial charge in [0.25, 0.3) is 0 Å². The molecule has 3 aromatic heterocycles. The Morgan fingerprint density at radius 3 is 1.75 bits per heavy atom. The van der Waals surface area contributed by atoms with Crippen LogP contribution in [0, 0.1) is 0 Å². The first-order valence-electron chi connectivity index (χ1n) is 19.7. The Labute approximate surface area is 287 Å². The molecule has 0 aliphatic heterocycles. The molecule has 0 bridgehead atoms. The summed E-state index contributed by atoms with van der Waals surface area (Å²) in [6.45, 7) is 0. The Hall–Kier alpha value is -6.59. The smallest absolute Gasteiger partial charge is 0.164 e. The van der Waals surface area contributed by atoms with Crippen LogP contribution < -0.4 is 0 Å². The highest BCUT2D eigenvalue weighted by Crippen LogP contribution is 2.42. The van der Waals surface area contributed by atoms with Crippen molar-refractivity contribution in [1.29, 1.82) is 0 Å². The lowest BCUT2D eigenvalue weighted by molar-refractivity contribution is 0.668. The van der Waals surface area contributed by atoms with Gasteiger partial charge in [-0.25, -0.2) is 15.0 Å². The molecule has 0 amide bonds. The topological polar surface area (TPSA) is 65.0 Å². The summed E-state index contributed by atoms with van der Waals surface area (Å²) in [4.78, 5) is 14.8. The average Bonchev–Trinajstić information content (AvgIpc) is 3.77. The van der Waals surface area contributed by atoms with E-state index < -0.39 is 0 Å². The number of rotatable bonds is 4. The fraction of sp³-hybridized carbons (Fsp3) is 0. The lowest BCUT2D eigenvalue weighted by Crippen LogP contribution is -2.01. The van der Waals surface area contributed by atoms with Crippen molar-refractivity contribution in [1.82, 2.24) is 15.0 Å². The van der Waals surface area contributed by atoms with Crippen LogP contribution in [0.25, 0.3) is 99.9 Å². The molecule has 0 fully saturated rings. The third-order valence-electron chi connectivity index (χ3n) is 8.53. The summed E-state index contributed by atoms with van der Waals surface area (Å²) in [5.41, 5.74) is 3.18. The molecule has 7 aromatic carbocycles. The van der Waals surface area contributed by atoms with Crippen LogP contribution in [-0.4, -0.2) is 15.0 Å². The second-order valence-corrected chi connectivity index (χ2v) is 11.2. The van der Waals surface area contributed by atoms with E-state index in [0.29, 0.717) is 44.2 Å². The lowest BCUT2D eigenvalue weighted by atomic mass is 9.92. The van der Waals surface area contributed by atoms with E-state index >= 15 is 0 Å². The SMILES string of the molecule is [2H]c1cc([2H])c2oc3c([2H])cc([2H])c(-c4ccc(-c5nc(-c6ccccc6)nc(-c6c([2H])cc([2H])c7oc8c([2H])c([2H])c([2H])cc8c67)n5)c5ccccc45)c3c2c1. The Morgan fingerprint density at radius 2 is 0.958 bits per heavy atom. The van der Waals surface area contributed by atoms with Crippen LogP contribution in [0.2, 0.25) is 0 Å². The van der Waals surface area contributed by atoms with E-state index in [0.717, 1.165) is 10.8 Å². The molecule has 0 aliphatic rings. The van der Waals surface area contributed by atoms with Crippen molar-refractivity contribution in [3.63, 3.8) is 0 Å². The molecule has 0 N–H and O–H groups in total. The molecule has 0 radical (unpaired) electrons. The minimum absolute atomic E-state index is 0.00211. The van der Waals surface area contributed by atoms with Gasteiger partial charge in [-0.15, -0.1) is 0 Å². The predicted molar refractivity (Wildman–Crippen MR) is 194 cm³/mol. The first-order chi connectivity index (χ1) is 27.5. The standard InChI is InChI=1S/C43H25N3O2/c1-2-12-26(13-3-1)41-44-42(46-43(45-41)34-19-11-23-38-40(34)33-17-7-9-21-36(33)48-38)31-25-24-29(27-14-4-5-15-28(27)31)30-18-10-22-37-39(30)32-16-6-8-20-35(32)47-37/h1-25H/i6D,7D,9D,18D,19D,20D,21D,22D,23D. The second-order valence-electron chi connectivity index (χ2n) is 11.2. The van der Waals surface area contributed by atoms with Crippen molar-refractivity contribution in [2.75, 3.05) is 0 Å². The first-order valence-corrected chi connectivity index (χ1v) is 15.2. The maximum Gasteiger partial charge on any atom is 0.164 e. The number of benzene rings is 7. The zero-order chi connectivity index (χ0) is 39.4. The summed E-state index contributed by atoms with van der Waals surface area (Å²) in [7, 11) is 0. The number of furan rings is 2. The van der Waals surface area contributed by atoms with Gasteiger partial charge in [-0.3, -0.25) is 0 Å². The Kier molecular flexibility index (Phi) is 4.18. The van der Waals surface area contributed by atoms with Crippen LogP contribution in [0.15, 0.2) is 160 Å². The largest absolute Gasteiger partial charge is 0.456 e. The van der Waals surface area contributed by atoms with E-state index in [1.807, 2.05) is 66.7 Å². The van der Waals surface area contributed by atoms with Crippen LogP contribution in [-0.2, 0) is 0 Å². The zero-order valence-corrected chi connectivity index (χ0v) is 24.9. The maximum atomic E-state index is 9.12. The summed E-state index contributed by atoms with van der Waals surface area (Å²) in [6.07, 6.45) is 0. The summed E-state index contributed by atoms with van der Waals surface area (Å²) >= 11 is 0. The van der Waals surface area contributed by atoms with Crippen molar-refractivity contribution < 1.29 is 21.2 Å². The van der Waals surface area contributed by atoms with Gasteiger partial charge in [-0.2, -0.15) is 0 Å². The molecule has 0 aliphatic carbocycles. The molecule has 0 saturated heterocycles. The number of nitrogens with zero attached hydrogens (tertiary/aromatic N) is 3. The lowest BCUT2D eigenvalue weighted by Gasteiger charge is -2.14. The summed E-state index contributed by atoms with van der Waals surface area (Å²) in [6, 6.07) is 26.8. The monoisotopic (exact) mass is 624 g/mol. The van der Waals surface area contributed by atoms with E-state index in [-0.39, 0.29) is 99.3 Å². The van der Waals surface area contributed by atoms with Gasteiger partial charge in [-0.1, -0.05) is 121 Å². The quantitative estimate of drug-likeness (QED) is 0.195. The molecule has 0 saturated carbocycles.